The van der Waals surface area contributed by atoms with Gasteiger partial charge in [0.15, 0.2) is 5.82 Å². The van der Waals surface area contributed by atoms with Crippen LogP contribution in [0.1, 0.15) is 50.7 Å². The molecule has 0 amide bonds. The Hall–Kier alpha value is -0.650. The van der Waals surface area contributed by atoms with Crippen LogP contribution >= 0.6 is 12.4 Å². The molecule has 6 heteroatoms. The zero-order valence-corrected chi connectivity index (χ0v) is 12.7. The highest BCUT2D eigenvalue weighted by Gasteiger charge is 2.21. The van der Waals surface area contributed by atoms with Crippen LogP contribution in [0.5, 0.6) is 0 Å². The number of nitrogens with two attached hydrogens (primary N) is 1. The molecule has 5 nitrogen and oxygen atoms in total. The summed E-state index contributed by atoms with van der Waals surface area (Å²) in [6.07, 6.45) is 3.67. The summed E-state index contributed by atoms with van der Waals surface area (Å²) in [5.74, 6) is 2.61. The van der Waals surface area contributed by atoms with E-state index in [-0.39, 0.29) is 12.4 Å². The third-order valence-corrected chi connectivity index (χ3v) is 3.54. The molecule has 0 aromatic carbocycles. The molecule has 1 fully saturated rings. The predicted octanol–water partition coefficient (Wildman–Crippen LogP) is 2.18. The number of hydrogen-bond acceptors (Lipinski definition) is 5. The van der Waals surface area contributed by atoms with E-state index in [1.807, 2.05) is 0 Å². The van der Waals surface area contributed by atoms with Gasteiger partial charge in [0.25, 0.3) is 0 Å². The lowest BCUT2D eigenvalue weighted by atomic mass is 9.95. The highest BCUT2D eigenvalue weighted by molar-refractivity contribution is 5.85. The van der Waals surface area contributed by atoms with Crippen LogP contribution in [0.3, 0.4) is 0 Å². The van der Waals surface area contributed by atoms with Gasteiger partial charge < -0.3 is 10.3 Å². The minimum atomic E-state index is 0. The Kier molecular flexibility index (Phi) is 6.75. The molecular weight excluding hydrogens is 264 g/mol. The summed E-state index contributed by atoms with van der Waals surface area (Å²) >= 11 is 0. The number of nitrogens with zero attached hydrogens (tertiary/aromatic N) is 3. The van der Waals surface area contributed by atoms with Crippen LogP contribution in [0, 0.1) is 5.92 Å². The molecule has 0 aliphatic carbocycles. The first-order valence-corrected chi connectivity index (χ1v) is 6.94. The summed E-state index contributed by atoms with van der Waals surface area (Å²) in [6, 6.07) is 0. The van der Waals surface area contributed by atoms with Gasteiger partial charge >= 0.3 is 0 Å². The fourth-order valence-corrected chi connectivity index (χ4v) is 2.52. The Balaban J connectivity index is 0.00000180. The van der Waals surface area contributed by atoms with Gasteiger partial charge in [-0.05, 0) is 38.3 Å². The van der Waals surface area contributed by atoms with E-state index in [0.717, 1.165) is 50.2 Å². The summed E-state index contributed by atoms with van der Waals surface area (Å²) in [6.45, 7) is 7.95. The molecule has 0 spiro atoms. The number of hydrogen-bond donors (Lipinski definition) is 1. The Morgan fingerprint density at radius 3 is 2.89 bits per heavy atom. The normalized spacial score (nSPS) is 20.5. The van der Waals surface area contributed by atoms with Gasteiger partial charge in [-0.2, -0.15) is 4.98 Å². The molecule has 2 heterocycles. The van der Waals surface area contributed by atoms with Crippen LogP contribution in [-0.2, 0) is 6.54 Å². The van der Waals surface area contributed by atoms with Crippen molar-refractivity contribution in [3.8, 4) is 0 Å². The molecule has 1 atom stereocenters. The first-order chi connectivity index (χ1) is 8.69. The van der Waals surface area contributed by atoms with Gasteiger partial charge in [0.2, 0.25) is 5.89 Å². The number of piperidine rings is 1. The predicted molar refractivity (Wildman–Crippen MR) is 77.3 cm³/mol. The Morgan fingerprint density at radius 2 is 2.26 bits per heavy atom. The summed E-state index contributed by atoms with van der Waals surface area (Å²) in [5.41, 5.74) is 5.63. The fourth-order valence-electron chi connectivity index (χ4n) is 2.52. The SMILES string of the molecule is CC(C)c1noc(CN2CCCC(CCN)C2)n1.Cl. The molecule has 1 unspecified atom stereocenters. The maximum absolute atomic E-state index is 5.63. The lowest BCUT2D eigenvalue weighted by Gasteiger charge is -2.31. The van der Waals surface area contributed by atoms with Crippen molar-refractivity contribution in [3.63, 3.8) is 0 Å². The molecule has 1 saturated heterocycles. The maximum atomic E-state index is 5.63. The minimum absolute atomic E-state index is 0. The standard InChI is InChI=1S/C13H24N4O.ClH/c1-10(2)13-15-12(18-16-13)9-17-7-3-4-11(8-17)5-6-14;/h10-11H,3-9,14H2,1-2H3;1H. The molecular formula is C13H25ClN4O. The molecule has 2 rings (SSSR count). The van der Waals surface area contributed by atoms with Gasteiger partial charge in [-0.15, -0.1) is 12.4 Å². The lowest BCUT2D eigenvalue weighted by Crippen LogP contribution is -2.35. The van der Waals surface area contributed by atoms with E-state index in [2.05, 4.69) is 28.9 Å². The molecule has 1 aliphatic rings. The largest absolute Gasteiger partial charge is 0.338 e. The van der Waals surface area contributed by atoms with Crippen LogP contribution in [0.25, 0.3) is 0 Å². The van der Waals surface area contributed by atoms with E-state index in [0.29, 0.717) is 5.92 Å². The van der Waals surface area contributed by atoms with E-state index in [4.69, 9.17) is 10.3 Å². The van der Waals surface area contributed by atoms with E-state index < -0.39 is 0 Å². The quantitative estimate of drug-likeness (QED) is 0.899. The highest BCUT2D eigenvalue weighted by atomic mass is 35.5. The van der Waals surface area contributed by atoms with Gasteiger partial charge in [-0.25, -0.2) is 0 Å². The molecule has 1 aromatic heterocycles. The van der Waals surface area contributed by atoms with E-state index >= 15 is 0 Å². The van der Waals surface area contributed by atoms with Crippen molar-refractivity contribution in [1.82, 2.24) is 15.0 Å². The van der Waals surface area contributed by atoms with Crippen molar-refractivity contribution < 1.29 is 4.52 Å². The van der Waals surface area contributed by atoms with Crippen molar-refractivity contribution in [1.29, 1.82) is 0 Å². The summed E-state index contributed by atoms with van der Waals surface area (Å²) in [7, 11) is 0. The molecule has 2 N–H and O–H groups in total. The second kappa shape index (κ2) is 7.82. The van der Waals surface area contributed by atoms with Gasteiger partial charge in [0.05, 0.1) is 6.54 Å². The molecule has 19 heavy (non-hydrogen) atoms. The molecule has 110 valence electrons. The monoisotopic (exact) mass is 288 g/mol. The Bertz CT molecular complexity index is 367. The Morgan fingerprint density at radius 1 is 1.47 bits per heavy atom. The number of rotatable bonds is 5. The second-order valence-corrected chi connectivity index (χ2v) is 5.52. The van der Waals surface area contributed by atoms with Crippen molar-refractivity contribution in [3.05, 3.63) is 11.7 Å². The Labute approximate surface area is 121 Å². The van der Waals surface area contributed by atoms with Gasteiger partial charge in [-0.1, -0.05) is 19.0 Å². The summed E-state index contributed by atoms with van der Waals surface area (Å²) in [5, 5.41) is 4.00. The van der Waals surface area contributed by atoms with E-state index in [1.54, 1.807) is 0 Å². The van der Waals surface area contributed by atoms with Crippen molar-refractivity contribution in [2.24, 2.45) is 11.7 Å². The van der Waals surface area contributed by atoms with Crippen LogP contribution in [-0.4, -0.2) is 34.7 Å². The van der Waals surface area contributed by atoms with E-state index in [1.165, 1.54) is 12.8 Å². The third-order valence-electron chi connectivity index (χ3n) is 3.54. The maximum Gasteiger partial charge on any atom is 0.240 e. The number of aromatic nitrogens is 2. The highest BCUT2D eigenvalue weighted by Crippen LogP contribution is 2.20. The summed E-state index contributed by atoms with van der Waals surface area (Å²) in [4.78, 5) is 6.83. The minimum Gasteiger partial charge on any atom is -0.338 e. The summed E-state index contributed by atoms with van der Waals surface area (Å²) < 4.78 is 5.30. The van der Waals surface area contributed by atoms with Crippen molar-refractivity contribution >= 4 is 12.4 Å². The third kappa shape index (κ3) is 4.75. The van der Waals surface area contributed by atoms with Crippen molar-refractivity contribution in [2.45, 2.75) is 45.6 Å². The van der Waals surface area contributed by atoms with Crippen LogP contribution < -0.4 is 5.73 Å². The fraction of sp³-hybridized carbons (Fsp3) is 0.846. The molecule has 1 aliphatic heterocycles. The van der Waals surface area contributed by atoms with Gasteiger partial charge in [-0.3, -0.25) is 4.90 Å². The smallest absolute Gasteiger partial charge is 0.240 e. The molecule has 1 aromatic rings. The van der Waals surface area contributed by atoms with Crippen molar-refractivity contribution in [2.75, 3.05) is 19.6 Å². The molecule has 0 bridgehead atoms. The van der Waals surface area contributed by atoms with Gasteiger partial charge in [0, 0.05) is 12.5 Å². The van der Waals surface area contributed by atoms with Crippen LogP contribution in [0.2, 0.25) is 0 Å². The zero-order valence-electron chi connectivity index (χ0n) is 11.8. The van der Waals surface area contributed by atoms with Crippen LogP contribution in [0.15, 0.2) is 4.52 Å². The van der Waals surface area contributed by atoms with E-state index in [9.17, 15) is 0 Å². The second-order valence-electron chi connectivity index (χ2n) is 5.52. The topological polar surface area (TPSA) is 68.2 Å². The lowest BCUT2D eigenvalue weighted by molar-refractivity contribution is 0.146. The van der Waals surface area contributed by atoms with Crippen LogP contribution in [0.4, 0.5) is 0 Å². The van der Waals surface area contributed by atoms with Gasteiger partial charge in [0.1, 0.15) is 0 Å². The number of halogens is 1. The molecule has 0 radical (unpaired) electrons. The zero-order chi connectivity index (χ0) is 13.0. The first-order valence-electron chi connectivity index (χ1n) is 6.94. The number of likely N-dealkylation sites (tertiary alicyclic amines) is 1. The molecule has 0 saturated carbocycles. The average molecular weight is 289 g/mol. The first kappa shape index (κ1) is 16.4. The average Bonchev–Trinajstić information content (AvgIpc) is 2.78.